The Morgan fingerprint density at radius 2 is 2.38 bits per heavy atom. The molecule has 1 fully saturated rings. The summed E-state index contributed by atoms with van der Waals surface area (Å²) in [5.41, 5.74) is 0.639. The van der Waals surface area contributed by atoms with E-state index in [1.165, 1.54) is 0 Å². The zero-order valence-corrected chi connectivity index (χ0v) is 5.77. The van der Waals surface area contributed by atoms with Gasteiger partial charge in [0.15, 0.2) is 0 Å². The van der Waals surface area contributed by atoms with Gasteiger partial charge in [0.25, 0.3) is 0 Å². The largest absolute Gasteiger partial charge is 0.282 e. The van der Waals surface area contributed by atoms with Crippen LogP contribution in [0.2, 0.25) is 0 Å². The van der Waals surface area contributed by atoms with Crippen molar-refractivity contribution < 1.29 is 4.79 Å². The molecule has 0 aromatic heterocycles. The molecule has 0 spiro atoms. The highest BCUT2D eigenvalue weighted by atomic mass is 32.2. The lowest BCUT2D eigenvalue weighted by Crippen LogP contribution is -1.81. The van der Waals surface area contributed by atoms with Gasteiger partial charge in [0.2, 0.25) is 5.12 Å². The summed E-state index contributed by atoms with van der Waals surface area (Å²) < 4.78 is 0.750. The quantitative estimate of drug-likeness (QED) is 0.379. The molecule has 1 aliphatic rings. The lowest BCUT2D eigenvalue weighted by molar-refractivity contribution is -0.107. The van der Waals surface area contributed by atoms with Crippen LogP contribution in [0.15, 0.2) is 12.2 Å². The van der Waals surface area contributed by atoms with E-state index in [4.69, 9.17) is 12.2 Å². The van der Waals surface area contributed by atoms with Crippen LogP contribution >= 0.6 is 24.0 Å². The molecule has 0 aliphatic carbocycles. The summed E-state index contributed by atoms with van der Waals surface area (Å²) in [4.78, 5) is 10.6. The number of thioether (sulfide) groups is 1. The molecule has 0 N–H and O–H groups in total. The smallest absolute Gasteiger partial charge is 0.220 e. The summed E-state index contributed by atoms with van der Waals surface area (Å²) in [6.07, 6.45) is 0.610. The van der Waals surface area contributed by atoms with E-state index in [0.717, 1.165) is 16.0 Å². The van der Waals surface area contributed by atoms with Crippen molar-refractivity contribution in [2.24, 2.45) is 0 Å². The molecule has 1 rings (SSSR count). The summed E-state index contributed by atoms with van der Waals surface area (Å²) in [7, 11) is 0. The second-order valence-electron chi connectivity index (χ2n) is 1.54. The van der Waals surface area contributed by atoms with Crippen molar-refractivity contribution in [1.82, 2.24) is 0 Å². The SMILES string of the molecule is C=C1CC(=S)SC1=O. The van der Waals surface area contributed by atoms with Gasteiger partial charge in [-0.05, 0) is 11.8 Å². The van der Waals surface area contributed by atoms with Gasteiger partial charge < -0.3 is 0 Å². The van der Waals surface area contributed by atoms with Gasteiger partial charge in [-0.2, -0.15) is 0 Å². The monoisotopic (exact) mass is 144 g/mol. The number of carbonyl (C=O) groups is 1. The Bertz CT molecular complexity index is 153. The van der Waals surface area contributed by atoms with Gasteiger partial charge in [-0.1, -0.05) is 18.8 Å². The average molecular weight is 144 g/mol. The first-order valence-electron chi connectivity index (χ1n) is 2.13. The normalized spacial score (nSPS) is 20.2. The third-order valence-corrected chi connectivity index (χ3v) is 2.09. The molecule has 0 atom stereocenters. The molecule has 0 bridgehead atoms. The fraction of sp³-hybridized carbons (Fsp3) is 0.200. The van der Waals surface area contributed by atoms with E-state index in [1.807, 2.05) is 0 Å². The summed E-state index contributed by atoms with van der Waals surface area (Å²) >= 11 is 5.88. The Morgan fingerprint density at radius 3 is 2.50 bits per heavy atom. The third-order valence-electron chi connectivity index (χ3n) is 0.853. The van der Waals surface area contributed by atoms with Crippen LogP contribution in [-0.2, 0) is 4.79 Å². The highest BCUT2D eigenvalue weighted by Gasteiger charge is 2.20. The Labute approximate surface area is 57.1 Å². The first-order valence-corrected chi connectivity index (χ1v) is 3.35. The molecule has 0 saturated carbocycles. The van der Waals surface area contributed by atoms with Crippen LogP contribution in [0.4, 0.5) is 0 Å². The van der Waals surface area contributed by atoms with Gasteiger partial charge in [0.05, 0.1) is 4.20 Å². The molecular formula is C5H4OS2. The van der Waals surface area contributed by atoms with E-state index in [0.29, 0.717) is 12.0 Å². The molecule has 0 aromatic rings. The topological polar surface area (TPSA) is 17.1 Å². The van der Waals surface area contributed by atoms with Gasteiger partial charge in [0.1, 0.15) is 0 Å². The zero-order valence-electron chi connectivity index (χ0n) is 4.14. The Kier molecular flexibility index (Phi) is 1.49. The molecule has 1 nitrogen and oxygen atoms in total. The minimum atomic E-state index is 0.0370. The molecule has 0 amide bonds. The predicted octanol–water partition coefficient (Wildman–Crippen LogP) is 1.53. The first-order chi connectivity index (χ1) is 3.70. The Balaban J connectivity index is 2.79. The van der Waals surface area contributed by atoms with E-state index in [2.05, 4.69) is 6.58 Å². The average Bonchev–Trinajstić information content (AvgIpc) is 1.85. The van der Waals surface area contributed by atoms with Crippen molar-refractivity contribution in [2.45, 2.75) is 6.42 Å². The van der Waals surface area contributed by atoms with Crippen molar-refractivity contribution in [2.75, 3.05) is 0 Å². The maximum absolute atomic E-state index is 10.6. The van der Waals surface area contributed by atoms with Gasteiger partial charge in [-0.15, -0.1) is 0 Å². The van der Waals surface area contributed by atoms with Crippen molar-refractivity contribution >= 4 is 33.3 Å². The molecule has 42 valence electrons. The van der Waals surface area contributed by atoms with Gasteiger partial charge in [-0.3, -0.25) is 4.79 Å². The van der Waals surface area contributed by atoms with Crippen molar-refractivity contribution in [3.8, 4) is 0 Å². The highest BCUT2D eigenvalue weighted by Crippen LogP contribution is 2.26. The minimum Gasteiger partial charge on any atom is -0.282 e. The zero-order chi connectivity index (χ0) is 6.15. The predicted molar refractivity (Wildman–Crippen MR) is 39.0 cm³/mol. The van der Waals surface area contributed by atoms with E-state index < -0.39 is 0 Å². The standard InChI is InChI=1S/C5H4OS2/c1-3-2-4(7)8-5(3)6/h1-2H2. The molecule has 8 heavy (non-hydrogen) atoms. The fourth-order valence-electron chi connectivity index (χ4n) is 0.458. The van der Waals surface area contributed by atoms with Gasteiger partial charge >= 0.3 is 0 Å². The molecule has 1 heterocycles. The molecule has 3 heteroatoms. The number of hydrogen-bond donors (Lipinski definition) is 0. The van der Waals surface area contributed by atoms with Crippen LogP contribution in [0, 0.1) is 0 Å². The second kappa shape index (κ2) is 1.99. The van der Waals surface area contributed by atoms with Crippen LogP contribution in [0.1, 0.15) is 6.42 Å². The maximum atomic E-state index is 10.6. The van der Waals surface area contributed by atoms with Gasteiger partial charge in [-0.25, -0.2) is 0 Å². The summed E-state index contributed by atoms with van der Waals surface area (Å²) in [5, 5.41) is 0.0370. The highest BCUT2D eigenvalue weighted by molar-refractivity contribution is 8.33. The van der Waals surface area contributed by atoms with Gasteiger partial charge in [0, 0.05) is 12.0 Å². The number of hydrogen-bond acceptors (Lipinski definition) is 3. The number of carbonyl (C=O) groups excluding carboxylic acids is 1. The van der Waals surface area contributed by atoms with E-state index in [1.54, 1.807) is 0 Å². The summed E-state index contributed by atoms with van der Waals surface area (Å²) in [5.74, 6) is 0. The molecule has 0 unspecified atom stereocenters. The lowest BCUT2D eigenvalue weighted by atomic mass is 10.3. The van der Waals surface area contributed by atoms with Crippen molar-refractivity contribution in [3.63, 3.8) is 0 Å². The molecule has 0 aromatic carbocycles. The fourth-order valence-corrected chi connectivity index (χ4v) is 1.53. The molecule has 1 saturated heterocycles. The number of thiocarbonyl (C=S) groups is 1. The third kappa shape index (κ3) is 0.980. The Morgan fingerprint density at radius 1 is 1.75 bits per heavy atom. The maximum Gasteiger partial charge on any atom is 0.220 e. The molecule has 0 radical (unpaired) electrons. The van der Waals surface area contributed by atoms with Crippen molar-refractivity contribution in [1.29, 1.82) is 0 Å². The molecular weight excluding hydrogens is 140 g/mol. The minimum absolute atomic E-state index is 0.0370. The van der Waals surface area contributed by atoms with Crippen LogP contribution in [0.5, 0.6) is 0 Å². The van der Waals surface area contributed by atoms with E-state index in [9.17, 15) is 4.79 Å². The van der Waals surface area contributed by atoms with E-state index >= 15 is 0 Å². The van der Waals surface area contributed by atoms with Crippen LogP contribution in [-0.4, -0.2) is 9.31 Å². The summed E-state index contributed by atoms with van der Waals surface area (Å²) in [6, 6.07) is 0. The lowest BCUT2D eigenvalue weighted by Gasteiger charge is -1.78. The molecule has 1 aliphatic heterocycles. The Hall–Kier alpha value is -0.150. The van der Waals surface area contributed by atoms with Crippen molar-refractivity contribution in [3.05, 3.63) is 12.2 Å². The van der Waals surface area contributed by atoms with Crippen LogP contribution in [0.25, 0.3) is 0 Å². The first kappa shape index (κ1) is 5.98. The van der Waals surface area contributed by atoms with Crippen LogP contribution < -0.4 is 0 Å². The van der Waals surface area contributed by atoms with Crippen LogP contribution in [0.3, 0.4) is 0 Å². The second-order valence-corrected chi connectivity index (χ2v) is 3.36. The van der Waals surface area contributed by atoms with E-state index in [-0.39, 0.29) is 5.12 Å². The number of rotatable bonds is 0. The summed E-state index contributed by atoms with van der Waals surface area (Å²) in [6.45, 7) is 3.53.